The molecule has 0 aromatic carbocycles. The molecule has 3 nitrogen and oxygen atoms in total. The van der Waals surface area contributed by atoms with Gasteiger partial charge in [0.2, 0.25) is 0 Å². The van der Waals surface area contributed by atoms with Crippen molar-refractivity contribution < 1.29 is 14.6 Å². The van der Waals surface area contributed by atoms with Gasteiger partial charge in [-0.15, -0.1) is 0 Å². The lowest BCUT2D eigenvalue weighted by Gasteiger charge is -2.06. The van der Waals surface area contributed by atoms with Gasteiger partial charge in [-0.1, -0.05) is 6.92 Å². The molecule has 0 saturated carbocycles. The summed E-state index contributed by atoms with van der Waals surface area (Å²) in [5, 5.41) is 8.50. The number of ether oxygens (including phenoxy) is 1. The molecule has 1 fully saturated rings. The summed E-state index contributed by atoms with van der Waals surface area (Å²) in [5.74, 6) is -0.823. The molecule has 3 heteroatoms. The first-order chi connectivity index (χ1) is 4.74. The van der Waals surface area contributed by atoms with Crippen molar-refractivity contribution in [3.63, 3.8) is 0 Å². The van der Waals surface area contributed by atoms with Crippen LogP contribution in [0.4, 0.5) is 0 Å². The van der Waals surface area contributed by atoms with Gasteiger partial charge in [0.15, 0.2) is 6.10 Å². The third-order valence-electron chi connectivity index (χ3n) is 1.84. The fraction of sp³-hybridized carbons (Fsp3) is 0.857. The number of carboxylic acids is 1. The Hall–Kier alpha value is -0.570. The van der Waals surface area contributed by atoms with E-state index in [4.69, 9.17) is 9.84 Å². The second-order valence-electron chi connectivity index (χ2n) is 2.57. The van der Waals surface area contributed by atoms with Crippen molar-refractivity contribution in [1.29, 1.82) is 0 Å². The van der Waals surface area contributed by atoms with Gasteiger partial charge in [0.1, 0.15) is 0 Å². The fourth-order valence-electron chi connectivity index (χ4n) is 1.19. The van der Waals surface area contributed by atoms with E-state index in [-0.39, 0.29) is 6.10 Å². The van der Waals surface area contributed by atoms with Gasteiger partial charge in [0.05, 0.1) is 6.10 Å². The number of carboxylic acid groups (broad SMARTS) is 1. The molecular formula is C7H12O3. The molecule has 58 valence electrons. The van der Waals surface area contributed by atoms with Crippen LogP contribution in [0.5, 0.6) is 0 Å². The lowest BCUT2D eigenvalue weighted by atomic mass is 10.2. The van der Waals surface area contributed by atoms with E-state index in [1.54, 1.807) is 0 Å². The standard InChI is InChI=1S/C7H12O3/c1-2-5-3-4-6(10-5)7(8)9/h5-6H,2-4H2,1H3,(H,8,9)/t5-,6+/m0/s1. The van der Waals surface area contributed by atoms with Crippen LogP contribution in [0.3, 0.4) is 0 Å². The summed E-state index contributed by atoms with van der Waals surface area (Å²) in [6, 6.07) is 0. The molecule has 2 atom stereocenters. The van der Waals surface area contributed by atoms with Gasteiger partial charge in [0.25, 0.3) is 0 Å². The number of hydrogen-bond acceptors (Lipinski definition) is 2. The van der Waals surface area contributed by atoms with E-state index < -0.39 is 12.1 Å². The maximum Gasteiger partial charge on any atom is 0.332 e. The summed E-state index contributed by atoms with van der Waals surface area (Å²) in [4.78, 5) is 10.3. The molecule has 1 heterocycles. The Morgan fingerprint density at radius 3 is 2.70 bits per heavy atom. The second kappa shape index (κ2) is 3.01. The van der Waals surface area contributed by atoms with Gasteiger partial charge in [-0.3, -0.25) is 0 Å². The lowest BCUT2D eigenvalue weighted by molar-refractivity contribution is -0.149. The van der Waals surface area contributed by atoms with Crippen molar-refractivity contribution in [3.8, 4) is 0 Å². The van der Waals surface area contributed by atoms with E-state index in [0.29, 0.717) is 6.42 Å². The zero-order valence-corrected chi connectivity index (χ0v) is 6.04. The zero-order chi connectivity index (χ0) is 7.56. The molecule has 0 radical (unpaired) electrons. The summed E-state index contributed by atoms with van der Waals surface area (Å²) in [7, 11) is 0. The Morgan fingerprint density at radius 1 is 1.70 bits per heavy atom. The molecule has 0 bridgehead atoms. The SMILES string of the molecule is CC[C@H]1CC[C@H](C(=O)O)O1. The van der Waals surface area contributed by atoms with E-state index in [9.17, 15) is 4.79 Å². The molecule has 1 aliphatic rings. The van der Waals surface area contributed by atoms with E-state index in [1.807, 2.05) is 6.92 Å². The van der Waals surface area contributed by atoms with Crippen LogP contribution in [-0.4, -0.2) is 23.3 Å². The monoisotopic (exact) mass is 144 g/mol. The van der Waals surface area contributed by atoms with Crippen molar-refractivity contribution in [3.05, 3.63) is 0 Å². The first kappa shape index (κ1) is 7.54. The molecular weight excluding hydrogens is 132 g/mol. The predicted octanol–water partition coefficient (Wildman–Crippen LogP) is 1.03. The normalized spacial score (nSPS) is 32.5. The Morgan fingerprint density at radius 2 is 2.40 bits per heavy atom. The summed E-state index contributed by atoms with van der Waals surface area (Å²) in [6.07, 6.45) is 2.14. The van der Waals surface area contributed by atoms with Crippen LogP contribution >= 0.6 is 0 Å². The van der Waals surface area contributed by atoms with Gasteiger partial charge >= 0.3 is 5.97 Å². The summed E-state index contributed by atoms with van der Waals surface area (Å²) in [6.45, 7) is 2.01. The quantitative estimate of drug-likeness (QED) is 0.629. The van der Waals surface area contributed by atoms with Crippen molar-refractivity contribution in [2.24, 2.45) is 0 Å². The lowest BCUT2D eigenvalue weighted by Crippen LogP contribution is -2.20. The second-order valence-corrected chi connectivity index (χ2v) is 2.57. The van der Waals surface area contributed by atoms with Crippen LogP contribution in [-0.2, 0) is 9.53 Å². The van der Waals surface area contributed by atoms with Gasteiger partial charge < -0.3 is 9.84 Å². The molecule has 0 spiro atoms. The first-order valence-corrected chi connectivity index (χ1v) is 3.62. The van der Waals surface area contributed by atoms with Crippen LogP contribution in [0.25, 0.3) is 0 Å². The summed E-state index contributed by atoms with van der Waals surface area (Å²) < 4.78 is 5.17. The molecule has 1 N–H and O–H groups in total. The predicted molar refractivity (Wildman–Crippen MR) is 35.8 cm³/mol. The minimum Gasteiger partial charge on any atom is -0.479 e. The zero-order valence-electron chi connectivity index (χ0n) is 6.04. The van der Waals surface area contributed by atoms with Crippen LogP contribution in [0, 0.1) is 0 Å². The number of rotatable bonds is 2. The molecule has 0 amide bonds. The number of hydrogen-bond donors (Lipinski definition) is 1. The Kier molecular flexibility index (Phi) is 2.27. The fourth-order valence-corrected chi connectivity index (χ4v) is 1.19. The highest BCUT2D eigenvalue weighted by Crippen LogP contribution is 2.21. The first-order valence-electron chi connectivity index (χ1n) is 3.62. The molecule has 0 aromatic heterocycles. The number of aliphatic carboxylic acids is 1. The van der Waals surface area contributed by atoms with Gasteiger partial charge in [-0.25, -0.2) is 4.79 Å². The molecule has 1 saturated heterocycles. The number of carbonyl (C=O) groups is 1. The average molecular weight is 144 g/mol. The maximum atomic E-state index is 10.3. The van der Waals surface area contributed by atoms with Gasteiger partial charge in [-0.05, 0) is 19.3 Å². The van der Waals surface area contributed by atoms with Crippen LogP contribution in [0.15, 0.2) is 0 Å². The highest BCUT2D eigenvalue weighted by Gasteiger charge is 2.28. The third-order valence-corrected chi connectivity index (χ3v) is 1.84. The van der Waals surface area contributed by atoms with Gasteiger partial charge in [0, 0.05) is 0 Å². The average Bonchev–Trinajstić information content (AvgIpc) is 2.34. The van der Waals surface area contributed by atoms with E-state index in [1.165, 1.54) is 0 Å². The molecule has 1 aliphatic heterocycles. The molecule has 10 heavy (non-hydrogen) atoms. The van der Waals surface area contributed by atoms with E-state index >= 15 is 0 Å². The van der Waals surface area contributed by atoms with Crippen LogP contribution < -0.4 is 0 Å². The molecule has 1 rings (SSSR count). The van der Waals surface area contributed by atoms with Crippen molar-refractivity contribution in [2.75, 3.05) is 0 Å². The van der Waals surface area contributed by atoms with Crippen LogP contribution in [0.1, 0.15) is 26.2 Å². The minimum absolute atomic E-state index is 0.182. The molecule has 0 aromatic rings. The Balaban J connectivity index is 2.35. The highest BCUT2D eigenvalue weighted by atomic mass is 16.5. The molecule has 0 unspecified atom stereocenters. The highest BCUT2D eigenvalue weighted by molar-refractivity contribution is 5.72. The smallest absolute Gasteiger partial charge is 0.332 e. The summed E-state index contributed by atoms with van der Waals surface area (Å²) >= 11 is 0. The van der Waals surface area contributed by atoms with Crippen LogP contribution in [0.2, 0.25) is 0 Å². The summed E-state index contributed by atoms with van der Waals surface area (Å²) in [5.41, 5.74) is 0. The van der Waals surface area contributed by atoms with E-state index in [2.05, 4.69) is 0 Å². The third kappa shape index (κ3) is 1.48. The largest absolute Gasteiger partial charge is 0.479 e. The van der Waals surface area contributed by atoms with Crippen molar-refractivity contribution >= 4 is 5.97 Å². The molecule has 0 aliphatic carbocycles. The van der Waals surface area contributed by atoms with Crippen molar-refractivity contribution in [2.45, 2.75) is 38.4 Å². The Labute approximate surface area is 60.0 Å². The Bertz CT molecular complexity index is 133. The van der Waals surface area contributed by atoms with Crippen molar-refractivity contribution in [1.82, 2.24) is 0 Å². The van der Waals surface area contributed by atoms with E-state index in [0.717, 1.165) is 12.8 Å². The topological polar surface area (TPSA) is 46.5 Å². The van der Waals surface area contributed by atoms with Gasteiger partial charge in [-0.2, -0.15) is 0 Å². The minimum atomic E-state index is -0.823. The maximum absolute atomic E-state index is 10.3.